The molecule has 0 spiro atoms. The van der Waals surface area contributed by atoms with Crippen LogP contribution in [0.1, 0.15) is 30.6 Å². The van der Waals surface area contributed by atoms with Crippen LogP contribution < -0.4 is 0 Å². The molecular formula is C14H16O3. The summed E-state index contributed by atoms with van der Waals surface area (Å²) >= 11 is 0. The Hall–Kier alpha value is -1.90. The van der Waals surface area contributed by atoms with Gasteiger partial charge in [0.25, 0.3) is 0 Å². The Kier molecular flexibility index (Phi) is 5.14. The molecule has 0 aliphatic rings. The first kappa shape index (κ1) is 13.2. The van der Waals surface area contributed by atoms with Crippen molar-refractivity contribution in [2.45, 2.75) is 26.4 Å². The van der Waals surface area contributed by atoms with Gasteiger partial charge in [0.1, 0.15) is 0 Å². The molecule has 0 bridgehead atoms. The van der Waals surface area contributed by atoms with Crippen LogP contribution in [0.5, 0.6) is 0 Å². The molecule has 3 heteroatoms. The first-order valence-electron chi connectivity index (χ1n) is 5.61. The molecule has 0 aliphatic carbocycles. The van der Waals surface area contributed by atoms with E-state index in [1.807, 2.05) is 13.0 Å². The summed E-state index contributed by atoms with van der Waals surface area (Å²) < 4.78 is 4.99. The maximum absolute atomic E-state index is 11.9. The van der Waals surface area contributed by atoms with E-state index >= 15 is 0 Å². The Morgan fingerprint density at radius 3 is 2.53 bits per heavy atom. The van der Waals surface area contributed by atoms with Crippen molar-refractivity contribution in [1.29, 1.82) is 0 Å². The Morgan fingerprint density at radius 2 is 1.94 bits per heavy atom. The third kappa shape index (κ3) is 4.23. The highest BCUT2D eigenvalue weighted by atomic mass is 16.5. The van der Waals surface area contributed by atoms with Crippen LogP contribution in [-0.2, 0) is 9.53 Å². The molecule has 0 fully saturated rings. The average Bonchev–Trinajstić information content (AvgIpc) is 2.36. The van der Waals surface area contributed by atoms with Crippen molar-refractivity contribution in [1.82, 2.24) is 0 Å². The van der Waals surface area contributed by atoms with E-state index in [0.717, 1.165) is 6.42 Å². The maximum atomic E-state index is 11.9. The first-order chi connectivity index (χ1) is 8.15. The molecule has 1 atom stereocenters. The molecule has 90 valence electrons. The summed E-state index contributed by atoms with van der Waals surface area (Å²) in [7, 11) is 0. The minimum atomic E-state index is -0.758. The van der Waals surface area contributed by atoms with Crippen molar-refractivity contribution >= 4 is 11.8 Å². The smallest absolute Gasteiger partial charge is 0.331 e. The number of hydrogen-bond acceptors (Lipinski definition) is 3. The molecular weight excluding hydrogens is 216 g/mol. The summed E-state index contributed by atoms with van der Waals surface area (Å²) in [4.78, 5) is 23.1. The topological polar surface area (TPSA) is 43.4 Å². The normalized spacial score (nSPS) is 12.4. The lowest BCUT2D eigenvalue weighted by atomic mass is 10.1. The van der Waals surface area contributed by atoms with Gasteiger partial charge in [-0.2, -0.15) is 0 Å². The van der Waals surface area contributed by atoms with Crippen molar-refractivity contribution in [2.24, 2.45) is 0 Å². The van der Waals surface area contributed by atoms with Crippen LogP contribution in [0.4, 0.5) is 0 Å². The Bertz CT molecular complexity index is 407. The predicted molar refractivity (Wildman–Crippen MR) is 65.8 cm³/mol. The van der Waals surface area contributed by atoms with E-state index in [-0.39, 0.29) is 5.78 Å². The first-order valence-corrected chi connectivity index (χ1v) is 5.61. The summed E-state index contributed by atoms with van der Waals surface area (Å²) in [5.41, 5.74) is 0.548. The average molecular weight is 232 g/mol. The second-order valence-corrected chi connectivity index (χ2v) is 3.62. The van der Waals surface area contributed by atoms with Crippen LogP contribution in [0, 0.1) is 0 Å². The molecule has 1 unspecified atom stereocenters. The number of ketones is 1. The standard InChI is InChI=1S/C14H16O3/c1-3-4-10-13(15)17-11(2)14(16)12-8-6-5-7-9-12/h4-11H,3H2,1-2H3/b10-4+. The third-order valence-electron chi connectivity index (χ3n) is 2.21. The van der Waals surface area contributed by atoms with Crippen LogP contribution in [0.15, 0.2) is 42.5 Å². The zero-order valence-corrected chi connectivity index (χ0v) is 10.1. The number of hydrogen-bond donors (Lipinski definition) is 0. The zero-order valence-electron chi connectivity index (χ0n) is 10.1. The van der Waals surface area contributed by atoms with Crippen molar-refractivity contribution in [3.05, 3.63) is 48.0 Å². The van der Waals surface area contributed by atoms with E-state index in [1.165, 1.54) is 6.08 Å². The van der Waals surface area contributed by atoms with E-state index < -0.39 is 12.1 Å². The predicted octanol–water partition coefficient (Wildman–Crippen LogP) is 2.77. The number of allylic oxidation sites excluding steroid dienone is 1. The van der Waals surface area contributed by atoms with Crippen LogP contribution in [0.3, 0.4) is 0 Å². The molecule has 0 amide bonds. The van der Waals surface area contributed by atoms with Gasteiger partial charge in [0.05, 0.1) is 0 Å². The fourth-order valence-electron chi connectivity index (χ4n) is 1.32. The number of ether oxygens (including phenoxy) is 1. The fraction of sp³-hybridized carbons (Fsp3) is 0.286. The number of carbonyl (C=O) groups is 2. The molecule has 17 heavy (non-hydrogen) atoms. The summed E-state index contributed by atoms with van der Waals surface area (Å²) in [6.45, 7) is 3.50. The lowest BCUT2D eigenvalue weighted by molar-refractivity contribution is -0.140. The van der Waals surface area contributed by atoms with Crippen LogP contribution in [0.2, 0.25) is 0 Å². The SMILES string of the molecule is CC/C=C/C(=O)OC(C)C(=O)c1ccccc1. The quantitative estimate of drug-likeness (QED) is 0.445. The molecule has 0 saturated carbocycles. The minimum absolute atomic E-state index is 0.191. The largest absolute Gasteiger partial charge is 0.451 e. The number of carbonyl (C=O) groups excluding carboxylic acids is 2. The van der Waals surface area contributed by atoms with Gasteiger partial charge in [0, 0.05) is 11.6 Å². The number of rotatable bonds is 5. The summed E-state index contributed by atoms with van der Waals surface area (Å²) in [6.07, 6.45) is 3.04. The van der Waals surface area contributed by atoms with Gasteiger partial charge in [0.2, 0.25) is 5.78 Å². The van der Waals surface area contributed by atoms with Crippen LogP contribution >= 0.6 is 0 Å². The molecule has 0 heterocycles. The van der Waals surface area contributed by atoms with E-state index in [1.54, 1.807) is 37.3 Å². The summed E-state index contributed by atoms with van der Waals surface area (Å²) in [5.74, 6) is -0.674. The monoisotopic (exact) mass is 232 g/mol. The number of benzene rings is 1. The second-order valence-electron chi connectivity index (χ2n) is 3.62. The highest BCUT2D eigenvalue weighted by Crippen LogP contribution is 2.06. The molecule has 1 rings (SSSR count). The molecule has 3 nitrogen and oxygen atoms in total. The van der Waals surface area contributed by atoms with Crippen LogP contribution in [-0.4, -0.2) is 17.9 Å². The van der Waals surface area contributed by atoms with Gasteiger partial charge in [-0.15, -0.1) is 0 Å². The van der Waals surface area contributed by atoms with Crippen molar-refractivity contribution in [2.75, 3.05) is 0 Å². The Balaban J connectivity index is 2.59. The van der Waals surface area contributed by atoms with E-state index in [9.17, 15) is 9.59 Å². The Labute approximate surface area is 101 Å². The van der Waals surface area contributed by atoms with Crippen LogP contribution in [0.25, 0.3) is 0 Å². The molecule has 1 aromatic rings. The van der Waals surface area contributed by atoms with E-state index in [4.69, 9.17) is 4.74 Å². The molecule has 0 radical (unpaired) electrons. The van der Waals surface area contributed by atoms with Gasteiger partial charge >= 0.3 is 5.97 Å². The fourth-order valence-corrected chi connectivity index (χ4v) is 1.32. The zero-order chi connectivity index (χ0) is 12.7. The summed E-state index contributed by atoms with van der Waals surface area (Å²) in [6, 6.07) is 8.79. The molecule has 1 aromatic carbocycles. The van der Waals surface area contributed by atoms with Gasteiger partial charge in [-0.25, -0.2) is 4.79 Å². The number of esters is 1. The van der Waals surface area contributed by atoms with Crippen molar-refractivity contribution in [3.63, 3.8) is 0 Å². The lowest BCUT2D eigenvalue weighted by Gasteiger charge is -2.10. The molecule has 0 N–H and O–H groups in total. The molecule has 0 aromatic heterocycles. The molecule has 0 saturated heterocycles. The van der Waals surface area contributed by atoms with Gasteiger partial charge in [-0.3, -0.25) is 4.79 Å². The summed E-state index contributed by atoms with van der Waals surface area (Å²) in [5, 5.41) is 0. The van der Waals surface area contributed by atoms with Gasteiger partial charge in [-0.05, 0) is 13.3 Å². The van der Waals surface area contributed by atoms with Crippen molar-refractivity contribution < 1.29 is 14.3 Å². The van der Waals surface area contributed by atoms with Gasteiger partial charge < -0.3 is 4.74 Å². The minimum Gasteiger partial charge on any atom is -0.451 e. The maximum Gasteiger partial charge on any atom is 0.331 e. The van der Waals surface area contributed by atoms with E-state index in [0.29, 0.717) is 5.56 Å². The van der Waals surface area contributed by atoms with Crippen molar-refractivity contribution in [3.8, 4) is 0 Å². The highest BCUT2D eigenvalue weighted by molar-refractivity contribution is 6.00. The number of Topliss-reactive ketones (excluding diaryl/α,β-unsaturated/α-hetero) is 1. The lowest BCUT2D eigenvalue weighted by Crippen LogP contribution is -2.23. The van der Waals surface area contributed by atoms with Gasteiger partial charge in [0.15, 0.2) is 6.10 Å². The Morgan fingerprint density at radius 1 is 1.29 bits per heavy atom. The van der Waals surface area contributed by atoms with Gasteiger partial charge in [-0.1, -0.05) is 43.3 Å². The third-order valence-corrected chi connectivity index (χ3v) is 2.21. The molecule has 0 aliphatic heterocycles. The highest BCUT2D eigenvalue weighted by Gasteiger charge is 2.17. The second kappa shape index (κ2) is 6.63. The van der Waals surface area contributed by atoms with E-state index in [2.05, 4.69) is 0 Å².